The molecule has 1 atom stereocenters. The molecule has 1 aliphatic rings. The minimum atomic E-state index is -0.368. The van der Waals surface area contributed by atoms with Gasteiger partial charge in [0.15, 0.2) is 0 Å². The Hall–Kier alpha value is -3.02. The van der Waals surface area contributed by atoms with Crippen molar-refractivity contribution in [3.05, 3.63) is 77.8 Å². The van der Waals surface area contributed by atoms with Crippen molar-refractivity contribution in [3.63, 3.8) is 0 Å². The van der Waals surface area contributed by atoms with Crippen molar-refractivity contribution in [2.24, 2.45) is 0 Å². The third-order valence-electron chi connectivity index (χ3n) is 4.13. The molecule has 0 saturated heterocycles. The number of amides is 1. The van der Waals surface area contributed by atoms with Gasteiger partial charge in [-0.1, -0.05) is 18.2 Å². The van der Waals surface area contributed by atoms with Gasteiger partial charge in [-0.2, -0.15) is 0 Å². The van der Waals surface area contributed by atoms with Crippen LogP contribution in [0.15, 0.2) is 54.9 Å². The summed E-state index contributed by atoms with van der Waals surface area (Å²) in [6.07, 6.45) is 1.79. The molecule has 2 aromatic carbocycles. The van der Waals surface area contributed by atoms with Gasteiger partial charge in [-0.15, -0.1) is 0 Å². The van der Waals surface area contributed by atoms with Crippen LogP contribution in [0.5, 0.6) is 0 Å². The molecule has 6 heteroatoms. The highest BCUT2D eigenvalue weighted by atomic mass is 19.1. The standard InChI is InChI=1S/C18H13F2N3O/c19-12-6-4-11(5-7-12)15-9-16(24)22-18-17(15)21-10-23(18)14-3-1-2-13(20)8-14/h1-8,10,15H,9H2,(H,22,24)/t15-/m1/s1. The number of fused-ring (bicyclic) bond motifs is 1. The summed E-state index contributed by atoms with van der Waals surface area (Å²) in [6, 6.07) is 12.1. The molecule has 120 valence electrons. The van der Waals surface area contributed by atoms with E-state index in [9.17, 15) is 13.6 Å². The lowest BCUT2D eigenvalue weighted by molar-refractivity contribution is -0.116. The van der Waals surface area contributed by atoms with Gasteiger partial charge in [0.1, 0.15) is 23.8 Å². The summed E-state index contributed by atoms with van der Waals surface area (Å²) >= 11 is 0. The quantitative estimate of drug-likeness (QED) is 0.782. The maximum absolute atomic E-state index is 13.5. The first-order valence-corrected chi connectivity index (χ1v) is 7.50. The van der Waals surface area contributed by atoms with Crippen LogP contribution in [0.1, 0.15) is 23.6 Å². The van der Waals surface area contributed by atoms with Crippen LogP contribution >= 0.6 is 0 Å². The summed E-state index contributed by atoms with van der Waals surface area (Å²) in [4.78, 5) is 16.5. The fraction of sp³-hybridized carbons (Fsp3) is 0.111. The Morgan fingerprint density at radius 1 is 1.08 bits per heavy atom. The summed E-state index contributed by atoms with van der Waals surface area (Å²) in [6.45, 7) is 0. The van der Waals surface area contributed by atoms with Gasteiger partial charge in [-0.25, -0.2) is 13.8 Å². The van der Waals surface area contributed by atoms with Crippen LogP contribution in [0.3, 0.4) is 0 Å². The molecule has 1 aliphatic heterocycles. The van der Waals surface area contributed by atoms with Gasteiger partial charge in [0.05, 0.1) is 11.4 Å². The molecule has 4 nitrogen and oxygen atoms in total. The van der Waals surface area contributed by atoms with E-state index in [1.165, 1.54) is 24.3 Å². The molecule has 0 fully saturated rings. The summed E-state index contributed by atoms with van der Waals surface area (Å²) in [5.41, 5.74) is 2.08. The zero-order chi connectivity index (χ0) is 16.7. The van der Waals surface area contributed by atoms with Crippen molar-refractivity contribution in [1.82, 2.24) is 9.55 Å². The molecule has 1 amide bonds. The Labute approximate surface area is 136 Å². The van der Waals surface area contributed by atoms with E-state index < -0.39 is 0 Å². The zero-order valence-corrected chi connectivity index (χ0v) is 12.5. The number of nitrogens with one attached hydrogen (secondary N) is 1. The molecular formula is C18H13F2N3O. The van der Waals surface area contributed by atoms with Gasteiger partial charge < -0.3 is 5.32 Å². The van der Waals surface area contributed by atoms with E-state index in [0.29, 0.717) is 17.2 Å². The van der Waals surface area contributed by atoms with Crippen molar-refractivity contribution in [2.75, 3.05) is 5.32 Å². The number of aromatic nitrogens is 2. The van der Waals surface area contributed by atoms with Crippen LogP contribution in [-0.4, -0.2) is 15.5 Å². The van der Waals surface area contributed by atoms with Crippen molar-refractivity contribution in [1.29, 1.82) is 0 Å². The van der Waals surface area contributed by atoms with Crippen LogP contribution in [-0.2, 0) is 4.79 Å². The SMILES string of the molecule is O=C1C[C@H](c2ccc(F)cc2)c2ncn(-c3cccc(F)c3)c2N1. The molecule has 0 aliphatic carbocycles. The van der Waals surface area contributed by atoms with Gasteiger partial charge in [-0.05, 0) is 35.9 Å². The Morgan fingerprint density at radius 3 is 2.62 bits per heavy atom. The molecule has 4 rings (SSSR count). The number of carbonyl (C=O) groups excluding carboxylic acids is 1. The molecular weight excluding hydrogens is 312 g/mol. The number of rotatable bonds is 2. The maximum atomic E-state index is 13.5. The molecule has 0 saturated carbocycles. The van der Waals surface area contributed by atoms with Gasteiger partial charge in [0, 0.05) is 12.3 Å². The van der Waals surface area contributed by atoms with Gasteiger partial charge in [-0.3, -0.25) is 9.36 Å². The maximum Gasteiger partial charge on any atom is 0.226 e. The molecule has 0 unspecified atom stereocenters. The Bertz CT molecular complexity index is 918. The normalized spacial score (nSPS) is 16.6. The van der Waals surface area contributed by atoms with Gasteiger partial charge in [0.25, 0.3) is 0 Å². The van der Waals surface area contributed by atoms with Crippen LogP contribution < -0.4 is 5.32 Å². The molecule has 1 aromatic heterocycles. The molecule has 24 heavy (non-hydrogen) atoms. The van der Waals surface area contributed by atoms with E-state index in [0.717, 1.165) is 5.56 Å². The second kappa shape index (κ2) is 5.56. The summed E-state index contributed by atoms with van der Waals surface area (Å²) in [7, 11) is 0. The first kappa shape index (κ1) is 14.6. The fourth-order valence-corrected chi connectivity index (χ4v) is 3.00. The van der Waals surface area contributed by atoms with E-state index in [1.807, 2.05) is 0 Å². The van der Waals surface area contributed by atoms with E-state index in [2.05, 4.69) is 10.3 Å². The van der Waals surface area contributed by atoms with Crippen molar-refractivity contribution in [3.8, 4) is 5.69 Å². The smallest absolute Gasteiger partial charge is 0.226 e. The topological polar surface area (TPSA) is 46.9 Å². The first-order chi connectivity index (χ1) is 11.6. The average Bonchev–Trinajstić information content (AvgIpc) is 2.98. The lowest BCUT2D eigenvalue weighted by Crippen LogP contribution is -2.24. The van der Waals surface area contributed by atoms with E-state index >= 15 is 0 Å². The van der Waals surface area contributed by atoms with Crippen LogP contribution in [0.2, 0.25) is 0 Å². The minimum Gasteiger partial charge on any atom is -0.310 e. The van der Waals surface area contributed by atoms with Gasteiger partial charge >= 0.3 is 0 Å². The lowest BCUT2D eigenvalue weighted by atomic mass is 9.90. The zero-order valence-electron chi connectivity index (χ0n) is 12.5. The Kier molecular flexibility index (Phi) is 3.37. The largest absolute Gasteiger partial charge is 0.310 e. The number of halogens is 2. The molecule has 2 heterocycles. The predicted molar refractivity (Wildman–Crippen MR) is 85.0 cm³/mol. The number of carbonyl (C=O) groups is 1. The average molecular weight is 325 g/mol. The van der Waals surface area contributed by atoms with Crippen LogP contribution in [0, 0.1) is 11.6 Å². The minimum absolute atomic E-state index is 0.157. The summed E-state index contributed by atoms with van der Waals surface area (Å²) in [5, 5.41) is 2.80. The second-order valence-corrected chi connectivity index (χ2v) is 5.68. The third-order valence-corrected chi connectivity index (χ3v) is 4.13. The molecule has 0 radical (unpaired) electrons. The second-order valence-electron chi connectivity index (χ2n) is 5.68. The number of imidazole rings is 1. The monoisotopic (exact) mass is 325 g/mol. The van der Waals surface area contributed by atoms with E-state index in [1.54, 1.807) is 35.2 Å². The van der Waals surface area contributed by atoms with Crippen LogP contribution in [0.4, 0.5) is 14.6 Å². The van der Waals surface area contributed by atoms with Gasteiger partial charge in [0.2, 0.25) is 5.91 Å². The number of hydrogen-bond acceptors (Lipinski definition) is 2. The first-order valence-electron chi connectivity index (χ1n) is 7.50. The Morgan fingerprint density at radius 2 is 1.88 bits per heavy atom. The summed E-state index contributed by atoms with van der Waals surface area (Å²) < 4.78 is 28.3. The number of nitrogens with zero attached hydrogens (tertiary/aromatic N) is 2. The molecule has 3 aromatic rings. The van der Waals surface area contributed by atoms with Crippen LogP contribution in [0.25, 0.3) is 5.69 Å². The highest BCUT2D eigenvalue weighted by Crippen LogP contribution is 2.37. The highest BCUT2D eigenvalue weighted by molar-refractivity contribution is 5.94. The number of hydrogen-bond donors (Lipinski definition) is 1. The lowest BCUT2D eigenvalue weighted by Gasteiger charge is -2.23. The molecule has 0 spiro atoms. The van der Waals surface area contributed by atoms with Crippen molar-refractivity contribution < 1.29 is 13.6 Å². The predicted octanol–water partition coefficient (Wildman–Crippen LogP) is 3.62. The van der Waals surface area contributed by atoms with E-state index in [4.69, 9.17) is 0 Å². The highest BCUT2D eigenvalue weighted by Gasteiger charge is 2.31. The van der Waals surface area contributed by atoms with Crippen molar-refractivity contribution >= 4 is 11.7 Å². The number of benzene rings is 2. The molecule has 1 N–H and O–H groups in total. The molecule has 0 bridgehead atoms. The van der Waals surface area contributed by atoms with E-state index in [-0.39, 0.29) is 29.9 Å². The van der Waals surface area contributed by atoms with Crippen molar-refractivity contribution in [2.45, 2.75) is 12.3 Å². The third kappa shape index (κ3) is 2.46. The summed E-state index contributed by atoms with van der Waals surface area (Å²) in [5.74, 6) is -0.595. The number of anilines is 1. The fourth-order valence-electron chi connectivity index (χ4n) is 3.00. The Balaban J connectivity index is 1.81.